The van der Waals surface area contributed by atoms with Crippen molar-refractivity contribution in [1.29, 1.82) is 0 Å². The monoisotopic (exact) mass is 1210 g/mol. The smallest absolute Gasteiger partial charge is 0.407 e. The van der Waals surface area contributed by atoms with Crippen LogP contribution in [0.2, 0.25) is 0 Å². The number of allylic oxidation sites excluding steroid dienone is 2. The summed E-state index contributed by atoms with van der Waals surface area (Å²) in [5.74, 6) is -1.60. The van der Waals surface area contributed by atoms with Gasteiger partial charge >= 0.3 is 6.09 Å². The molecule has 21 nitrogen and oxygen atoms in total. The Morgan fingerprint density at radius 3 is 2.07 bits per heavy atom. The number of anilines is 1. The summed E-state index contributed by atoms with van der Waals surface area (Å²) in [4.78, 5) is 120. The van der Waals surface area contributed by atoms with Crippen LogP contribution in [-0.2, 0) is 65.6 Å². The largest absolute Gasteiger partial charge is 0.449 e. The van der Waals surface area contributed by atoms with E-state index in [1.807, 2.05) is 90.9 Å². The number of nitrogens with zero attached hydrogens (tertiary/aromatic N) is 3. The SMILES string of the molecule is CC[C@H](C)[C@@H]([C@@H](CC(=O)N1CCC[C@H]1[C@H](OC)[C@@H](C)C(=O)N[C@@H](Cc1ccccc1)C(=O)NOCc1ccc(NC(=O)[C@@H](C)NC(=O)CCNC(=O)OCC2C3CC/C=C\C(C)CCC32)cc1)OC)N(C)C(=O)[C@@H](NC(=O)[C@H](C(C)C)N(C)C)C(C)C. The molecule has 0 aromatic heterocycles. The maximum absolute atomic E-state index is 14.6. The zero-order chi connectivity index (χ0) is 64.1. The Labute approximate surface area is 517 Å². The first-order valence-corrected chi connectivity index (χ1v) is 31.5. The van der Waals surface area contributed by atoms with E-state index in [1.54, 1.807) is 55.0 Å². The number of amides is 8. The Kier molecular flexibility index (Phi) is 28.7. The Balaban J connectivity index is 1.11. The van der Waals surface area contributed by atoms with E-state index in [0.29, 0.717) is 67.3 Å². The molecule has 2 aromatic rings. The van der Waals surface area contributed by atoms with Crippen LogP contribution >= 0.6 is 0 Å². The van der Waals surface area contributed by atoms with E-state index in [0.717, 1.165) is 31.2 Å². The highest BCUT2D eigenvalue weighted by molar-refractivity contribution is 5.97. The van der Waals surface area contributed by atoms with Gasteiger partial charge in [-0.2, -0.15) is 0 Å². The fourth-order valence-corrected chi connectivity index (χ4v) is 12.6. The molecule has 14 atom stereocenters. The highest BCUT2D eigenvalue weighted by Crippen LogP contribution is 2.53. The number of likely N-dealkylation sites (N-methyl/N-ethyl adjacent to an activating group) is 2. The molecule has 1 heterocycles. The van der Waals surface area contributed by atoms with Crippen LogP contribution in [0.1, 0.15) is 131 Å². The number of carbonyl (C=O) groups is 8. The van der Waals surface area contributed by atoms with Crippen molar-refractivity contribution < 1.29 is 57.4 Å². The van der Waals surface area contributed by atoms with Crippen molar-refractivity contribution in [3.8, 4) is 0 Å². The zero-order valence-corrected chi connectivity index (χ0v) is 54.2. The molecule has 1 saturated heterocycles. The van der Waals surface area contributed by atoms with Gasteiger partial charge in [0.05, 0.1) is 55.9 Å². The molecule has 1 saturated carbocycles. The van der Waals surface area contributed by atoms with Gasteiger partial charge < -0.3 is 50.6 Å². The summed E-state index contributed by atoms with van der Waals surface area (Å²) in [7, 11) is 8.44. The summed E-state index contributed by atoms with van der Waals surface area (Å²) in [5, 5.41) is 14.1. The van der Waals surface area contributed by atoms with E-state index in [4.69, 9.17) is 19.0 Å². The second-order valence-corrected chi connectivity index (χ2v) is 25.3. The number of hydrogen-bond donors (Lipinski definition) is 6. The number of nitrogens with one attached hydrogen (secondary N) is 6. The number of hydroxylamine groups is 1. The van der Waals surface area contributed by atoms with Crippen LogP contribution in [0.25, 0.3) is 0 Å². The normalized spacial score (nSPS) is 21.8. The first-order valence-electron chi connectivity index (χ1n) is 31.5. The minimum atomic E-state index is -1.06. The lowest BCUT2D eigenvalue weighted by Crippen LogP contribution is -2.59. The number of methoxy groups -OCH3 is 2. The first-order chi connectivity index (χ1) is 41.4. The van der Waals surface area contributed by atoms with Crippen molar-refractivity contribution in [3.63, 3.8) is 0 Å². The van der Waals surface area contributed by atoms with Crippen molar-refractivity contribution in [2.45, 2.75) is 182 Å². The summed E-state index contributed by atoms with van der Waals surface area (Å²) in [6, 6.07) is 11.8. The van der Waals surface area contributed by atoms with E-state index < -0.39 is 84.1 Å². The molecule has 8 amide bonds. The van der Waals surface area contributed by atoms with Gasteiger partial charge in [0.15, 0.2) is 0 Å². The van der Waals surface area contributed by atoms with Crippen molar-refractivity contribution in [1.82, 2.24) is 41.4 Å². The standard InChI is InChI=1S/C66H103N9O12/c1-15-43(7)59(74(12)65(82)57(40(2)3)71-64(81)58(41(4)5)73(10)11)54(84-13)37-56(77)75-35-21-26-53(75)60(85-14)44(8)61(78)70-52(36-46-23-17-16-18-24-46)63(80)72-87-38-47-28-30-48(31-29-47)69-62(79)45(9)68-55(76)33-34-67-66(83)86-39-51-49-25-20-19-22-42(6)27-32-50(49)51/h16-19,22-24,28-31,40-45,49-54,57-60H,15,20-21,25-27,32-39H2,1-14H3,(H,67,83)(H,68,76)(H,69,79)(H,70,78)(H,71,81)(H,72,80)/b22-19-/t42?,43-,44+,45+,49?,50?,51?,52-,53-,54+,57-,58-,59-,60+/m0/s1. The molecule has 1 aliphatic heterocycles. The number of alkyl carbamates (subject to hydrolysis) is 1. The van der Waals surface area contributed by atoms with Gasteiger partial charge in [-0.3, -0.25) is 43.3 Å². The molecule has 0 radical (unpaired) electrons. The predicted molar refractivity (Wildman–Crippen MR) is 334 cm³/mol. The Hall–Kier alpha value is -6.42. The summed E-state index contributed by atoms with van der Waals surface area (Å²) >= 11 is 0. The molecule has 87 heavy (non-hydrogen) atoms. The third-order valence-corrected chi connectivity index (χ3v) is 17.9. The maximum Gasteiger partial charge on any atom is 0.407 e. The molecule has 0 bridgehead atoms. The van der Waals surface area contributed by atoms with Gasteiger partial charge in [-0.1, -0.05) is 116 Å². The zero-order valence-electron chi connectivity index (χ0n) is 54.2. The molecule has 6 N–H and O–H groups in total. The first kappa shape index (κ1) is 71.3. The number of fused-ring (bicyclic) bond motifs is 1. The highest BCUT2D eigenvalue weighted by atomic mass is 16.7. The van der Waals surface area contributed by atoms with Crippen molar-refractivity contribution >= 4 is 53.1 Å². The van der Waals surface area contributed by atoms with E-state index in [1.165, 1.54) is 14.2 Å². The molecule has 484 valence electrons. The lowest BCUT2D eigenvalue weighted by atomic mass is 9.89. The second-order valence-electron chi connectivity index (χ2n) is 25.3. The van der Waals surface area contributed by atoms with Crippen LogP contribution in [0.15, 0.2) is 66.7 Å². The van der Waals surface area contributed by atoms with E-state index in [2.05, 4.69) is 51.1 Å². The van der Waals surface area contributed by atoms with Crippen LogP contribution in [0.5, 0.6) is 0 Å². The van der Waals surface area contributed by atoms with Gasteiger partial charge in [-0.15, -0.1) is 0 Å². The predicted octanol–water partition coefficient (Wildman–Crippen LogP) is 6.80. The maximum atomic E-state index is 14.6. The quantitative estimate of drug-likeness (QED) is 0.0326. The van der Waals surface area contributed by atoms with Gasteiger partial charge in [0.25, 0.3) is 5.91 Å². The van der Waals surface area contributed by atoms with Gasteiger partial charge in [0.1, 0.15) is 18.1 Å². The average Bonchev–Trinajstić information content (AvgIpc) is 2.10. The van der Waals surface area contributed by atoms with Gasteiger partial charge in [0.2, 0.25) is 35.4 Å². The number of carbonyl (C=O) groups excluding carboxylic acids is 8. The van der Waals surface area contributed by atoms with Gasteiger partial charge in [-0.25, -0.2) is 10.3 Å². The molecule has 4 unspecified atom stereocenters. The van der Waals surface area contributed by atoms with Crippen LogP contribution < -0.4 is 32.1 Å². The molecule has 2 aliphatic carbocycles. The van der Waals surface area contributed by atoms with Crippen LogP contribution in [0.4, 0.5) is 10.5 Å². The third-order valence-electron chi connectivity index (χ3n) is 17.9. The highest BCUT2D eigenvalue weighted by Gasteiger charge is 2.49. The molecule has 2 fully saturated rings. The molecule has 2 aromatic carbocycles. The molecule has 3 aliphatic rings. The number of rotatable bonds is 32. The van der Waals surface area contributed by atoms with Gasteiger partial charge in [-0.05, 0) is 124 Å². The Morgan fingerprint density at radius 1 is 0.747 bits per heavy atom. The van der Waals surface area contributed by atoms with Crippen LogP contribution in [-0.4, -0.2) is 166 Å². The Bertz CT molecular complexity index is 2580. The molecular formula is C66H103N9O12. The minimum absolute atomic E-state index is 0.00732. The summed E-state index contributed by atoms with van der Waals surface area (Å²) < 4.78 is 17.6. The summed E-state index contributed by atoms with van der Waals surface area (Å²) in [6.07, 6.45) is 8.99. The van der Waals surface area contributed by atoms with E-state index >= 15 is 0 Å². The fourth-order valence-electron chi connectivity index (χ4n) is 12.6. The van der Waals surface area contributed by atoms with Crippen molar-refractivity contribution in [2.24, 2.45) is 47.3 Å². The molecule has 21 heteroatoms. The number of hydrogen-bond acceptors (Lipinski definition) is 13. The van der Waals surface area contributed by atoms with E-state index in [9.17, 15) is 38.4 Å². The number of benzene rings is 2. The molecule has 0 spiro atoms. The minimum Gasteiger partial charge on any atom is -0.449 e. The molecular weight excluding hydrogens is 1110 g/mol. The van der Waals surface area contributed by atoms with Crippen molar-refractivity contribution in [3.05, 3.63) is 77.9 Å². The van der Waals surface area contributed by atoms with Gasteiger partial charge in [0, 0.05) is 52.9 Å². The van der Waals surface area contributed by atoms with Crippen LogP contribution in [0, 0.1) is 47.3 Å². The van der Waals surface area contributed by atoms with Crippen molar-refractivity contribution in [2.75, 3.05) is 60.4 Å². The van der Waals surface area contributed by atoms with E-state index in [-0.39, 0.29) is 67.9 Å². The topological polar surface area (TPSA) is 255 Å². The average molecular weight is 1210 g/mol. The third kappa shape index (κ3) is 21.1. The van der Waals surface area contributed by atoms with Crippen LogP contribution in [0.3, 0.4) is 0 Å². The summed E-state index contributed by atoms with van der Waals surface area (Å²) in [5.41, 5.74) is 4.42. The lowest BCUT2D eigenvalue weighted by molar-refractivity contribution is -0.148. The fraction of sp³-hybridized carbons (Fsp3) is 0.667. The summed E-state index contributed by atoms with van der Waals surface area (Å²) in [6.45, 7) is 18.1. The number of ether oxygens (including phenoxy) is 3. The lowest BCUT2D eigenvalue weighted by Gasteiger charge is -2.41. The second kappa shape index (κ2) is 34.9. The Morgan fingerprint density at radius 2 is 1.44 bits per heavy atom. The molecule has 5 rings (SSSR count). The number of likely N-dealkylation sites (tertiary alicyclic amines) is 1.